The third-order valence-electron chi connectivity index (χ3n) is 1.99. The number of aryl methyl sites for hydroxylation is 1. The summed E-state index contributed by atoms with van der Waals surface area (Å²) < 4.78 is 0. The van der Waals surface area contributed by atoms with E-state index in [1.807, 2.05) is 0 Å². The van der Waals surface area contributed by atoms with Crippen LogP contribution in [0.25, 0.3) is 0 Å². The number of rotatable bonds is 2. The lowest BCUT2D eigenvalue weighted by Crippen LogP contribution is -1.98. The standard InChI is InChI=1S/C9H8NO3/c1-6-3-4-8(5-11)9(7(6)2)10(12)13/h3-4H,1-2H3. The monoisotopic (exact) mass is 178 g/mol. The summed E-state index contributed by atoms with van der Waals surface area (Å²) in [5.41, 5.74) is 1.18. The molecule has 0 unspecified atom stereocenters. The van der Waals surface area contributed by atoms with Gasteiger partial charge in [0.1, 0.15) is 5.56 Å². The summed E-state index contributed by atoms with van der Waals surface area (Å²) in [6.07, 6.45) is 1.55. The lowest BCUT2D eigenvalue weighted by molar-refractivity contribution is -0.385. The zero-order chi connectivity index (χ0) is 10.0. The molecule has 1 aromatic carbocycles. The maximum atomic E-state index is 10.6. The molecule has 0 bridgehead atoms. The summed E-state index contributed by atoms with van der Waals surface area (Å²) in [7, 11) is 0. The minimum absolute atomic E-state index is 0.00750. The van der Waals surface area contributed by atoms with Gasteiger partial charge in [-0.1, -0.05) is 6.07 Å². The second-order valence-electron chi connectivity index (χ2n) is 2.76. The molecule has 4 nitrogen and oxygen atoms in total. The molecule has 1 rings (SSSR count). The van der Waals surface area contributed by atoms with Crippen LogP contribution >= 0.6 is 0 Å². The van der Waals surface area contributed by atoms with Crippen LogP contribution in [0.5, 0.6) is 0 Å². The fourth-order valence-corrected chi connectivity index (χ4v) is 1.12. The van der Waals surface area contributed by atoms with Crippen LogP contribution < -0.4 is 0 Å². The molecule has 0 atom stereocenters. The van der Waals surface area contributed by atoms with E-state index in [2.05, 4.69) is 0 Å². The van der Waals surface area contributed by atoms with E-state index in [1.54, 1.807) is 26.2 Å². The molecule has 0 aliphatic rings. The topological polar surface area (TPSA) is 60.2 Å². The van der Waals surface area contributed by atoms with Gasteiger partial charge in [-0.15, -0.1) is 0 Å². The van der Waals surface area contributed by atoms with E-state index >= 15 is 0 Å². The van der Waals surface area contributed by atoms with Gasteiger partial charge in [-0.25, -0.2) is 0 Å². The maximum Gasteiger partial charge on any atom is 0.283 e. The molecule has 0 aliphatic heterocycles. The Balaban J connectivity index is 3.50. The first-order valence-corrected chi connectivity index (χ1v) is 3.70. The van der Waals surface area contributed by atoms with Crippen molar-refractivity contribution in [2.75, 3.05) is 0 Å². The molecule has 0 N–H and O–H groups in total. The molecule has 1 radical (unpaired) electrons. The van der Waals surface area contributed by atoms with Crippen molar-refractivity contribution in [3.8, 4) is 0 Å². The van der Waals surface area contributed by atoms with Crippen LogP contribution in [-0.4, -0.2) is 11.2 Å². The molecule has 0 aliphatic carbocycles. The van der Waals surface area contributed by atoms with E-state index in [4.69, 9.17) is 0 Å². The number of carbonyl (C=O) groups excluding carboxylic acids is 1. The fraction of sp³-hybridized carbons (Fsp3) is 0.222. The predicted molar refractivity (Wildman–Crippen MR) is 47.4 cm³/mol. The highest BCUT2D eigenvalue weighted by atomic mass is 16.6. The van der Waals surface area contributed by atoms with Gasteiger partial charge in [0, 0.05) is 5.56 Å². The lowest BCUT2D eigenvalue weighted by Gasteiger charge is -2.01. The van der Waals surface area contributed by atoms with Crippen molar-refractivity contribution in [2.24, 2.45) is 0 Å². The van der Waals surface area contributed by atoms with Gasteiger partial charge in [0.2, 0.25) is 6.29 Å². The Kier molecular flexibility index (Phi) is 2.41. The number of benzene rings is 1. The Morgan fingerprint density at radius 1 is 1.38 bits per heavy atom. The molecule has 0 spiro atoms. The van der Waals surface area contributed by atoms with Gasteiger partial charge < -0.3 is 0 Å². The first-order chi connectivity index (χ1) is 6.07. The summed E-state index contributed by atoms with van der Waals surface area (Å²) in [6.45, 7) is 3.38. The zero-order valence-corrected chi connectivity index (χ0v) is 7.33. The average Bonchev–Trinajstić information content (AvgIpc) is 2.08. The third kappa shape index (κ3) is 1.56. The van der Waals surface area contributed by atoms with Crippen molar-refractivity contribution < 1.29 is 9.72 Å². The van der Waals surface area contributed by atoms with Gasteiger partial charge >= 0.3 is 0 Å². The normalized spacial score (nSPS) is 9.69. The predicted octanol–water partition coefficient (Wildman–Crippen LogP) is 1.67. The van der Waals surface area contributed by atoms with Crippen LogP contribution in [-0.2, 0) is 4.79 Å². The minimum atomic E-state index is -0.553. The van der Waals surface area contributed by atoms with Gasteiger partial charge in [-0.3, -0.25) is 14.9 Å². The van der Waals surface area contributed by atoms with Gasteiger partial charge in [0.15, 0.2) is 0 Å². The van der Waals surface area contributed by atoms with Crippen LogP contribution in [0.15, 0.2) is 12.1 Å². The Bertz CT molecular complexity index is 371. The van der Waals surface area contributed by atoms with Gasteiger partial charge in [0.25, 0.3) is 5.69 Å². The molecule has 0 amide bonds. The van der Waals surface area contributed by atoms with E-state index in [-0.39, 0.29) is 11.3 Å². The minimum Gasteiger partial charge on any atom is -0.285 e. The van der Waals surface area contributed by atoms with E-state index in [0.717, 1.165) is 5.56 Å². The summed E-state index contributed by atoms with van der Waals surface area (Å²) in [4.78, 5) is 20.4. The maximum absolute atomic E-state index is 10.6. The highest BCUT2D eigenvalue weighted by molar-refractivity contribution is 5.83. The van der Waals surface area contributed by atoms with Crippen molar-refractivity contribution >= 4 is 12.0 Å². The van der Waals surface area contributed by atoms with Crippen molar-refractivity contribution in [3.05, 3.63) is 38.9 Å². The first kappa shape index (κ1) is 9.38. The SMILES string of the molecule is Cc1ccc([C]=O)c([N+](=O)[O-])c1C. The van der Waals surface area contributed by atoms with Crippen molar-refractivity contribution in [2.45, 2.75) is 13.8 Å². The Hall–Kier alpha value is -1.71. The molecule has 0 saturated heterocycles. The van der Waals surface area contributed by atoms with E-state index in [0.29, 0.717) is 5.56 Å². The quantitative estimate of drug-likeness (QED) is 0.511. The van der Waals surface area contributed by atoms with E-state index < -0.39 is 4.92 Å². The smallest absolute Gasteiger partial charge is 0.283 e. The highest BCUT2D eigenvalue weighted by Gasteiger charge is 2.18. The fourth-order valence-electron chi connectivity index (χ4n) is 1.12. The van der Waals surface area contributed by atoms with Crippen LogP contribution in [0, 0.1) is 24.0 Å². The lowest BCUT2D eigenvalue weighted by atomic mass is 10.0. The Morgan fingerprint density at radius 3 is 2.46 bits per heavy atom. The van der Waals surface area contributed by atoms with E-state index in [9.17, 15) is 14.9 Å². The van der Waals surface area contributed by atoms with Crippen LogP contribution in [0.3, 0.4) is 0 Å². The number of hydrogen-bond donors (Lipinski definition) is 0. The number of hydrogen-bond acceptors (Lipinski definition) is 3. The largest absolute Gasteiger partial charge is 0.285 e. The molecule has 0 heterocycles. The number of nitro groups is 1. The van der Waals surface area contributed by atoms with Gasteiger partial charge in [0.05, 0.1) is 4.92 Å². The Labute approximate surface area is 75.3 Å². The molecule has 0 fully saturated rings. The second-order valence-corrected chi connectivity index (χ2v) is 2.76. The molecular formula is C9H8NO3. The van der Waals surface area contributed by atoms with Crippen LogP contribution in [0.4, 0.5) is 5.69 Å². The summed E-state index contributed by atoms with van der Waals surface area (Å²) in [6, 6.07) is 3.08. The Morgan fingerprint density at radius 2 is 2.00 bits per heavy atom. The molecule has 0 saturated carbocycles. The van der Waals surface area contributed by atoms with Crippen LogP contribution in [0.2, 0.25) is 0 Å². The number of nitrogens with zero attached hydrogens (tertiary/aromatic N) is 1. The third-order valence-corrected chi connectivity index (χ3v) is 1.99. The summed E-state index contributed by atoms with van der Waals surface area (Å²) >= 11 is 0. The molecule has 1 aromatic rings. The number of nitro benzene ring substituents is 1. The van der Waals surface area contributed by atoms with Crippen molar-refractivity contribution in [1.82, 2.24) is 0 Å². The van der Waals surface area contributed by atoms with E-state index in [1.165, 1.54) is 6.07 Å². The molecule has 13 heavy (non-hydrogen) atoms. The van der Waals surface area contributed by atoms with Crippen LogP contribution in [0.1, 0.15) is 16.7 Å². The van der Waals surface area contributed by atoms with Gasteiger partial charge in [-0.05, 0) is 25.5 Å². The highest BCUT2D eigenvalue weighted by Crippen LogP contribution is 2.24. The summed E-state index contributed by atoms with van der Waals surface area (Å²) in [5, 5.41) is 10.6. The average molecular weight is 178 g/mol. The summed E-state index contributed by atoms with van der Waals surface area (Å²) in [5.74, 6) is 0. The molecule has 67 valence electrons. The molecule has 4 heteroatoms. The van der Waals surface area contributed by atoms with Gasteiger partial charge in [-0.2, -0.15) is 0 Å². The molecular weight excluding hydrogens is 170 g/mol. The first-order valence-electron chi connectivity index (χ1n) is 3.70. The zero-order valence-electron chi connectivity index (χ0n) is 7.33. The van der Waals surface area contributed by atoms with Crippen molar-refractivity contribution in [1.29, 1.82) is 0 Å². The van der Waals surface area contributed by atoms with Crippen molar-refractivity contribution in [3.63, 3.8) is 0 Å². The molecule has 0 aromatic heterocycles. The second kappa shape index (κ2) is 3.35.